The summed E-state index contributed by atoms with van der Waals surface area (Å²) in [6.07, 6.45) is 2.65. The number of carboxylic acids is 1. The third kappa shape index (κ3) is 3.67. The van der Waals surface area contributed by atoms with Crippen molar-refractivity contribution in [3.63, 3.8) is 0 Å². The molecule has 0 spiro atoms. The summed E-state index contributed by atoms with van der Waals surface area (Å²) in [4.78, 5) is 39.7. The number of carboxylic acid groups (broad SMARTS) is 1. The van der Waals surface area contributed by atoms with Crippen LogP contribution in [0.2, 0.25) is 0 Å². The lowest BCUT2D eigenvalue weighted by Crippen LogP contribution is -2.23. The maximum atomic E-state index is 12.9. The molecule has 4 rings (SSSR count). The van der Waals surface area contributed by atoms with Crippen LogP contribution in [0.3, 0.4) is 0 Å². The molecule has 8 nitrogen and oxygen atoms in total. The zero-order valence-corrected chi connectivity index (χ0v) is 16.2. The van der Waals surface area contributed by atoms with Crippen LogP contribution in [0.25, 0.3) is 22.6 Å². The van der Waals surface area contributed by atoms with E-state index in [0.29, 0.717) is 36.3 Å². The van der Waals surface area contributed by atoms with Gasteiger partial charge in [-0.25, -0.2) is 9.78 Å². The van der Waals surface area contributed by atoms with Crippen molar-refractivity contribution in [1.82, 2.24) is 9.55 Å². The van der Waals surface area contributed by atoms with Crippen LogP contribution in [0.4, 0.5) is 5.69 Å². The van der Waals surface area contributed by atoms with E-state index in [4.69, 9.17) is 9.84 Å². The van der Waals surface area contributed by atoms with Gasteiger partial charge in [0.25, 0.3) is 5.56 Å². The Morgan fingerprint density at radius 3 is 2.87 bits per heavy atom. The van der Waals surface area contributed by atoms with E-state index in [1.807, 2.05) is 37.3 Å². The number of benzene rings is 2. The standard InChI is InChI=1S/C22H19N3O5/c1-2-30-16-5-3-4-13(11-16)10-14-8-9-25-19(14)24-18-12-15(23-20(26)22(28)29)6-7-17(18)21(25)27/h3-7,10-12H,2,8-9H2,1H3,(H,23,26)(H,28,29). The topological polar surface area (TPSA) is 111 Å². The summed E-state index contributed by atoms with van der Waals surface area (Å²) in [7, 11) is 0. The van der Waals surface area contributed by atoms with Gasteiger partial charge in [-0.15, -0.1) is 0 Å². The number of hydrogen-bond donors (Lipinski definition) is 2. The molecule has 1 aliphatic heterocycles. The van der Waals surface area contributed by atoms with E-state index in [2.05, 4.69) is 10.3 Å². The molecule has 0 fully saturated rings. The van der Waals surface area contributed by atoms with E-state index in [9.17, 15) is 14.4 Å². The zero-order chi connectivity index (χ0) is 21.3. The number of anilines is 1. The molecule has 2 heterocycles. The van der Waals surface area contributed by atoms with Gasteiger partial charge in [0.2, 0.25) is 0 Å². The van der Waals surface area contributed by atoms with E-state index in [-0.39, 0.29) is 11.2 Å². The highest BCUT2D eigenvalue weighted by atomic mass is 16.5. The van der Waals surface area contributed by atoms with Gasteiger partial charge in [0.05, 0.1) is 17.5 Å². The number of hydrogen-bond acceptors (Lipinski definition) is 5. The number of carbonyl (C=O) groups excluding carboxylic acids is 1. The molecule has 0 radical (unpaired) electrons. The van der Waals surface area contributed by atoms with Crippen molar-refractivity contribution in [1.29, 1.82) is 0 Å². The minimum atomic E-state index is -1.59. The highest BCUT2D eigenvalue weighted by molar-refractivity contribution is 6.36. The third-order valence-electron chi connectivity index (χ3n) is 4.81. The molecule has 1 aliphatic rings. The summed E-state index contributed by atoms with van der Waals surface area (Å²) >= 11 is 0. The molecule has 0 aliphatic carbocycles. The molecule has 0 bridgehead atoms. The van der Waals surface area contributed by atoms with Crippen LogP contribution in [0.1, 0.15) is 24.7 Å². The van der Waals surface area contributed by atoms with Crippen LogP contribution >= 0.6 is 0 Å². The number of rotatable bonds is 4. The number of nitrogens with zero attached hydrogens (tertiary/aromatic N) is 2. The van der Waals surface area contributed by atoms with E-state index in [0.717, 1.165) is 16.9 Å². The first-order chi connectivity index (χ1) is 14.5. The lowest BCUT2D eigenvalue weighted by molar-refractivity contribution is -0.147. The van der Waals surface area contributed by atoms with Crippen molar-refractivity contribution in [2.45, 2.75) is 19.9 Å². The van der Waals surface area contributed by atoms with Crippen LogP contribution in [0, 0.1) is 0 Å². The van der Waals surface area contributed by atoms with Gasteiger partial charge in [-0.3, -0.25) is 14.2 Å². The van der Waals surface area contributed by atoms with Crippen LogP contribution in [-0.2, 0) is 16.1 Å². The quantitative estimate of drug-likeness (QED) is 0.646. The highest BCUT2D eigenvalue weighted by Gasteiger charge is 2.21. The molecule has 30 heavy (non-hydrogen) atoms. The first-order valence-electron chi connectivity index (χ1n) is 9.49. The Labute approximate surface area is 171 Å². The number of allylic oxidation sites excluding steroid dienone is 1. The lowest BCUT2D eigenvalue weighted by Gasteiger charge is -2.08. The van der Waals surface area contributed by atoms with Gasteiger partial charge in [-0.2, -0.15) is 0 Å². The molecule has 1 amide bonds. The Morgan fingerprint density at radius 2 is 2.10 bits per heavy atom. The van der Waals surface area contributed by atoms with Crippen molar-refractivity contribution in [3.05, 3.63) is 64.2 Å². The SMILES string of the molecule is CCOc1cccc(C=C2CCn3c2nc2cc(NC(=O)C(=O)O)ccc2c3=O)c1. The van der Waals surface area contributed by atoms with E-state index in [1.165, 1.54) is 12.1 Å². The van der Waals surface area contributed by atoms with E-state index < -0.39 is 11.9 Å². The van der Waals surface area contributed by atoms with Crippen molar-refractivity contribution < 1.29 is 19.4 Å². The second-order valence-corrected chi connectivity index (χ2v) is 6.81. The molecular formula is C22H19N3O5. The molecule has 2 N–H and O–H groups in total. The Balaban J connectivity index is 1.75. The van der Waals surface area contributed by atoms with Gasteiger partial charge >= 0.3 is 11.9 Å². The lowest BCUT2D eigenvalue weighted by atomic mass is 10.1. The highest BCUT2D eigenvalue weighted by Crippen LogP contribution is 2.29. The van der Waals surface area contributed by atoms with Crippen LogP contribution in [0.15, 0.2) is 47.3 Å². The minimum Gasteiger partial charge on any atom is -0.494 e. The Bertz CT molecular complexity index is 1260. The number of nitrogens with one attached hydrogen (secondary N) is 1. The van der Waals surface area contributed by atoms with Crippen LogP contribution in [-0.4, -0.2) is 33.1 Å². The Kier molecular flexibility index (Phi) is 5.05. The summed E-state index contributed by atoms with van der Waals surface area (Å²) < 4.78 is 7.18. The first kappa shape index (κ1) is 19.4. The predicted molar refractivity (Wildman–Crippen MR) is 112 cm³/mol. The number of ether oxygens (including phenoxy) is 1. The molecule has 0 atom stereocenters. The summed E-state index contributed by atoms with van der Waals surface area (Å²) in [5.74, 6) is -1.40. The molecule has 1 aromatic heterocycles. The molecule has 0 saturated carbocycles. The molecule has 0 saturated heterocycles. The minimum absolute atomic E-state index is 0.169. The largest absolute Gasteiger partial charge is 0.494 e. The van der Waals surface area contributed by atoms with Gasteiger partial charge in [-0.05, 0) is 60.9 Å². The van der Waals surface area contributed by atoms with Gasteiger partial charge in [0.15, 0.2) is 0 Å². The van der Waals surface area contributed by atoms with E-state index >= 15 is 0 Å². The summed E-state index contributed by atoms with van der Waals surface area (Å²) in [6, 6.07) is 12.2. The first-order valence-corrected chi connectivity index (χ1v) is 9.49. The van der Waals surface area contributed by atoms with Gasteiger partial charge in [-0.1, -0.05) is 12.1 Å². The molecule has 152 valence electrons. The Hall–Kier alpha value is -3.94. The van der Waals surface area contributed by atoms with Crippen molar-refractivity contribution in [3.8, 4) is 5.75 Å². The van der Waals surface area contributed by atoms with Crippen molar-refractivity contribution in [2.75, 3.05) is 11.9 Å². The maximum absolute atomic E-state index is 12.9. The average molecular weight is 405 g/mol. The van der Waals surface area contributed by atoms with Crippen molar-refractivity contribution in [2.24, 2.45) is 0 Å². The second kappa shape index (κ2) is 7.82. The zero-order valence-electron chi connectivity index (χ0n) is 16.2. The molecule has 8 heteroatoms. The maximum Gasteiger partial charge on any atom is 0.394 e. The van der Waals surface area contributed by atoms with Crippen molar-refractivity contribution >= 4 is 40.1 Å². The number of aliphatic carboxylic acids is 1. The summed E-state index contributed by atoms with van der Waals surface area (Å²) in [5.41, 5.74) is 2.35. The predicted octanol–water partition coefficient (Wildman–Crippen LogP) is 2.76. The normalized spacial score (nSPS) is 14.0. The smallest absolute Gasteiger partial charge is 0.394 e. The summed E-state index contributed by atoms with van der Waals surface area (Å²) in [5, 5.41) is 11.4. The number of aromatic nitrogens is 2. The number of fused-ring (bicyclic) bond motifs is 2. The fraction of sp³-hybridized carbons (Fsp3) is 0.182. The fourth-order valence-corrected chi connectivity index (χ4v) is 3.48. The van der Waals surface area contributed by atoms with Gasteiger partial charge in [0, 0.05) is 12.2 Å². The third-order valence-corrected chi connectivity index (χ3v) is 4.81. The molecule has 3 aromatic rings. The molecular weight excluding hydrogens is 386 g/mol. The second-order valence-electron chi connectivity index (χ2n) is 6.81. The average Bonchev–Trinajstić information content (AvgIpc) is 3.11. The van der Waals surface area contributed by atoms with Gasteiger partial charge in [0.1, 0.15) is 11.6 Å². The summed E-state index contributed by atoms with van der Waals surface area (Å²) in [6.45, 7) is 3.03. The van der Waals surface area contributed by atoms with Crippen LogP contribution < -0.4 is 15.6 Å². The van der Waals surface area contributed by atoms with E-state index in [1.54, 1.807) is 10.6 Å². The number of amides is 1. The van der Waals surface area contributed by atoms with Gasteiger partial charge < -0.3 is 15.2 Å². The van der Waals surface area contributed by atoms with Crippen LogP contribution in [0.5, 0.6) is 5.75 Å². The molecule has 0 unspecified atom stereocenters. The Morgan fingerprint density at radius 1 is 1.27 bits per heavy atom. The monoisotopic (exact) mass is 405 g/mol. The fourth-order valence-electron chi connectivity index (χ4n) is 3.48. The molecule has 2 aromatic carbocycles. The number of carbonyl (C=O) groups is 2.